The maximum atomic E-state index is 12.5. The van der Waals surface area contributed by atoms with Crippen molar-refractivity contribution in [2.24, 2.45) is 0 Å². The van der Waals surface area contributed by atoms with Crippen LogP contribution in [0.1, 0.15) is 61.3 Å². The van der Waals surface area contributed by atoms with Crippen LogP contribution in [0.15, 0.2) is 30.3 Å². The van der Waals surface area contributed by atoms with E-state index >= 15 is 0 Å². The summed E-state index contributed by atoms with van der Waals surface area (Å²) in [5.41, 5.74) is 6.90. The third-order valence-corrected chi connectivity index (χ3v) is 6.98. The lowest BCUT2D eigenvalue weighted by Crippen LogP contribution is -2.42. The van der Waals surface area contributed by atoms with Gasteiger partial charge in [-0.2, -0.15) is 0 Å². The molecule has 0 heterocycles. The van der Waals surface area contributed by atoms with Crippen LogP contribution in [-0.4, -0.2) is 76.1 Å². The van der Waals surface area contributed by atoms with Crippen LogP contribution >= 0.6 is 0 Å². The van der Waals surface area contributed by atoms with E-state index in [0.717, 1.165) is 58.6 Å². The van der Waals surface area contributed by atoms with Gasteiger partial charge in [0.15, 0.2) is 0 Å². The molecule has 0 aliphatic rings. The van der Waals surface area contributed by atoms with Gasteiger partial charge in [0.2, 0.25) is 5.91 Å². The molecule has 1 amide bonds. The maximum absolute atomic E-state index is 12.5. The van der Waals surface area contributed by atoms with Crippen LogP contribution in [0.3, 0.4) is 0 Å². The number of amides is 1. The molecule has 2 rings (SSSR count). The number of nitrogens with zero attached hydrogens (tertiary/aromatic N) is 1. The topological polar surface area (TPSA) is 146 Å². The number of anilines is 3. The Labute approximate surface area is 232 Å². The summed E-state index contributed by atoms with van der Waals surface area (Å²) in [6.45, 7) is 8.26. The summed E-state index contributed by atoms with van der Waals surface area (Å²) in [5.74, 6) is 0.0343. The molecule has 9 nitrogen and oxygen atoms in total. The third-order valence-electron chi connectivity index (χ3n) is 6.98. The maximum Gasteiger partial charge on any atom is 0.224 e. The Morgan fingerprint density at radius 2 is 1.67 bits per heavy atom. The average molecular weight is 546 g/mol. The molecule has 39 heavy (non-hydrogen) atoms. The monoisotopic (exact) mass is 545 g/mol. The molecule has 0 fully saturated rings. The molecule has 7 N–H and O–H groups in total. The van der Waals surface area contributed by atoms with Gasteiger partial charge in [0.25, 0.3) is 0 Å². The second-order valence-corrected chi connectivity index (χ2v) is 10.5. The number of carbonyl (C=O) groups excluding carboxylic acids is 1. The number of likely N-dealkylation sites (N-methyl/N-ethyl adjacent to an activating group) is 1. The minimum absolute atomic E-state index is 0.0343. The van der Waals surface area contributed by atoms with Crippen LogP contribution in [-0.2, 0) is 11.3 Å². The van der Waals surface area contributed by atoms with Crippen LogP contribution < -0.4 is 15.5 Å². The fourth-order valence-corrected chi connectivity index (χ4v) is 4.64. The smallest absolute Gasteiger partial charge is 0.224 e. The minimum atomic E-state index is -1.53. The zero-order chi connectivity index (χ0) is 29.1. The van der Waals surface area contributed by atoms with Crippen molar-refractivity contribution in [2.45, 2.75) is 90.8 Å². The van der Waals surface area contributed by atoms with Crippen molar-refractivity contribution in [3.8, 4) is 0 Å². The summed E-state index contributed by atoms with van der Waals surface area (Å²) in [4.78, 5) is 14.3. The highest BCUT2D eigenvalue weighted by atomic mass is 16.4. The van der Waals surface area contributed by atoms with Crippen molar-refractivity contribution in [3.05, 3.63) is 52.6 Å². The molecule has 0 saturated heterocycles. The summed E-state index contributed by atoms with van der Waals surface area (Å²) in [5, 5.41) is 55.2. The molecule has 0 bridgehead atoms. The highest BCUT2D eigenvalue weighted by Crippen LogP contribution is 2.27. The second-order valence-electron chi connectivity index (χ2n) is 10.5. The fourth-order valence-electron chi connectivity index (χ4n) is 4.64. The molecular weight excluding hydrogens is 498 g/mol. The number of benzene rings is 2. The molecule has 0 aliphatic carbocycles. The standard InChI is InChI=1S/C30H47N3O6/c1-6-7-8-9-29(38)32-26-13-19(2)12-20(3)24(26)16-31-25-11-10-22(14-21(25)4)33(5)17-23(35)15-27(36)30(39)28(37)18-34/h10-14,23,27-28,30-31,34-37,39H,6-9,15-18H2,1-5H3,(H,32,38). The van der Waals surface area contributed by atoms with Crippen molar-refractivity contribution in [3.63, 3.8) is 0 Å². The summed E-state index contributed by atoms with van der Waals surface area (Å²) < 4.78 is 0. The SMILES string of the molecule is CCCCCC(=O)Nc1cc(C)cc(C)c1CNc1ccc(N(C)CC(O)CC(O)C(O)C(O)CO)cc1C. The molecule has 2 aromatic rings. The van der Waals surface area contributed by atoms with Crippen molar-refractivity contribution in [2.75, 3.05) is 35.7 Å². The first-order valence-electron chi connectivity index (χ1n) is 13.8. The number of aryl methyl sites for hydroxylation is 3. The van der Waals surface area contributed by atoms with Gasteiger partial charge < -0.3 is 41.1 Å². The van der Waals surface area contributed by atoms with Gasteiger partial charge in [0.05, 0.1) is 18.8 Å². The molecule has 0 radical (unpaired) electrons. The van der Waals surface area contributed by atoms with E-state index in [9.17, 15) is 25.2 Å². The van der Waals surface area contributed by atoms with E-state index in [0.29, 0.717) is 13.0 Å². The summed E-state index contributed by atoms with van der Waals surface area (Å²) in [6, 6.07) is 10.0. The first-order chi connectivity index (χ1) is 18.5. The Morgan fingerprint density at radius 3 is 2.31 bits per heavy atom. The zero-order valence-electron chi connectivity index (χ0n) is 23.9. The normalized spacial score (nSPS) is 14.4. The van der Waals surface area contributed by atoms with Crippen molar-refractivity contribution in [1.29, 1.82) is 0 Å². The van der Waals surface area contributed by atoms with Crippen LogP contribution in [0, 0.1) is 20.8 Å². The largest absolute Gasteiger partial charge is 0.394 e. The van der Waals surface area contributed by atoms with E-state index in [2.05, 4.69) is 23.6 Å². The Kier molecular flexibility index (Phi) is 13.2. The van der Waals surface area contributed by atoms with Crippen molar-refractivity contribution >= 4 is 23.0 Å². The lowest BCUT2D eigenvalue weighted by Gasteiger charge is -2.27. The molecule has 0 spiro atoms. The summed E-state index contributed by atoms with van der Waals surface area (Å²) >= 11 is 0. The van der Waals surface area contributed by atoms with Gasteiger partial charge in [0, 0.05) is 50.0 Å². The van der Waals surface area contributed by atoms with E-state index in [1.165, 1.54) is 0 Å². The first kappa shape index (κ1) is 32.5. The Morgan fingerprint density at radius 1 is 0.949 bits per heavy atom. The number of nitrogens with one attached hydrogen (secondary N) is 2. The van der Waals surface area contributed by atoms with Gasteiger partial charge in [-0.15, -0.1) is 0 Å². The lowest BCUT2D eigenvalue weighted by molar-refractivity contribution is -0.116. The first-order valence-corrected chi connectivity index (χ1v) is 13.8. The van der Waals surface area contributed by atoms with Crippen LogP contribution in [0.25, 0.3) is 0 Å². The zero-order valence-corrected chi connectivity index (χ0v) is 23.9. The molecule has 0 aliphatic heterocycles. The van der Waals surface area contributed by atoms with Crippen molar-refractivity contribution in [1.82, 2.24) is 0 Å². The van der Waals surface area contributed by atoms with E-state index in [1.807, 2.05) is 57.0 Å². The number of aliphatic hydroxyl groups is 5. The van der Waals surface area contributed by atoms with Crippen LogP contribution in [0.2, 0.25) is 0 Å². The quantitative estimate of drug-likeness (QED) is 0.159. The second kappa shape index (κ2) is 15.8. The number of hydrogen-bond acceptors (Lipinski definition) is 8. The predicted molar refractivity (Wildman–Crippen MR) is 156 cm³/mol. The Hall–Kier alpha value is -2.69. The van der Waals surface area contributed by atoms with Gasteiger partial charge in [-0.25, -0.2) is 0 Å². The molecule has 218 valence electrons. The average Bonchev–Trinajstić information content (AvgIpc) is 2.87. The van der Waals surface area contributed by atoms with Gasteiger partial charge >= 0.3 is 0 Å². The molecule has 0 aromatic heterocycles. The fraction of sp³-hybridized carbons (Fsp3) is 0.567. The van der Waals surface area contributed by atoms with Gasteiger partial charge in [-0.1, -0.05) is 25.8 Å². The molecule has 9 heteroatoms. The van der Waals surface area contributed by atoms with E-state index in [-0.39, 0.29) is 18.9 Å². The highest BCUT2D eigenvalue weighted by molar-refractivity contribution is 5.92. The number of aliphatic hydroxyl groups excluding tert-OH is 5. The number of hydrogen-bond donors (Lipinski definition) is 7. The Balaban J connectivity index is 2.04. The van der Waals surface area contributed by atoms with Gasteiger partial charge in [0.1, 0.15) is 12.2 Å². The van der Waals surface area contributed by atoms with E-state index in [1.54, 1.807) is 0 Å². The molecule has 2 aromatic carbocycles. The van der Waals surface area contributed by atoms with Gasteiger partial charge in [-0.3, -0.25) is 4.79 Å². The van der Waals surface area contributed by atoms with Crippen LogP contribution in [0.5, 0.6) is 0 Å². The molecule has 4 unspecified atom stereocenters. The number of carbonyl (C=O) groups is 1. The van der Waals surface area contributed by atoms with E-state index < -0.39 is 31.0 Å². The Bertz CT molecular complexity index is 1060. The summed E-state index contributed by atoms with van der Waals surface area (Å²) in [7, 11) is 1.82. The molecule has 0 saturated carbocycles. The number of rotatable bonds is 16. The number of unbranched alkanes of at least 4 members (excludes halogenated alkanes) is 2. The molecule has 4 atom stereocenters. The third kappa shape index (κ3) is 10.1. The van der Waals surface area contributed by atoms with E-state index in [4.69, 9.17) is 5.11 Å². The predicted octanol–water partition coefficient (Wildman–Crippen LogP) is 3.00. The van der Waals surface area contributed by atoms with Crippen molar-refractivity contribution < 1.29 is 30.3 Å². The summed E-state index contributed by atoms with van der Waals surface area (Å²) in [6.07, 6.45) is -1.95. The highest BCUT2D eigenvalue weighted by Gasteiger charge is 2.26. The molecular formula is C30H47N3O6. The van der Waals surface area contributed by atoms with Gasteiger partial charge in [-0.05, 0) is 73.7 Å². The van der Waals surface area contributed by atoms with Crippen LogP contribution in [0.4, 0.5) is 17.1 Å². The lowest BCUT2D eigenvalue weighted by atomic mass is 10.0. The minimum Gasteiger partial charge on any atom is -0.394 e.